The van der Waals surface area contributed by atoms with Gasteiger partial charge in [-0.25, -0.2) is 15.0 Å². The fourth-order valence-electron chi connectivity index (χ4n) is 5.62. The number of nitrogens with one attached hydrogen (secondary N) is 2. The van der Waals surface area contributed by atoms with Crippen LogP contribution in [0.1, 0.15) is 40.2 Å². The molecule has 0 unspecified atom stereocenters. The molecule has 230 valence electrons. The Balaban J connectivity index is 1.31. The van der Waals surface area contributed by atoms with E-state index in [4.69, 9.17) is 24.7 Å². The number of benzene rings is 3. The number of aliphatic hydroxyl groups is 2. The standard InChI is InChI=1S/C34H35N7O4/c1-44-20-27-30(42)31(43)34(45-27)41-21-38-29-32(37-18-26(24-8-4-2-5-9-24)25-10-6-3-7-11-25)39-28(40-33(29)41)19-36-17-23-14-12-22(16-35)13-15-23/h2-15,21,26-27,30-31,34,36,42-43H,17-20H2,1H3,(H,37,39,40)/t27-,30-,31+,34-/m1/s1. The molecular weight excluding hydrogens is 570 g/mol. The Bertz CT molecular complexity index is 1700. The van der Waals surface area contributed by atoms with Gasteiger partial charge in [0.05, 0.1) is 31.1 Å². The summed E-state index contributed by atoms with van der Waals surface area (Å²) in [7, 11) is 1.52. The highest BCUT2D eigenvalue weighted by molar-refractivity contribution is 5.83. The topological polar surface area (TPSA) is 150 Å². The number of ether oxygens (including phenoxy) is 2. The molecule has 4 N–H and O–H groups in total. The molecule has 0 bridgehead atoms. The van der Waals surface area contributed by atoms with Crippen LogP contribution in [0.3, 0.4) is 0 Å². The molecule has 11 nitrogen and oxygen atoms in total. The molecule has 1 saturated heterocycles. The smallest absolute Gasteiger partial charge is 0.168 e. The van der Waals surface area contributed by atoms with Crippen LogP contribution in [0.25, 0.3) is 11.2 Å². The minimum Gasteiger partial charge on any atom is -0.387 e. The Morgan fingerprint density at radius 2 is 1.62 bits per heavy atom. The minimum absolute atomic E-state index is 0.0439. The highest BCUT2D eigenvalue weighted by Crippen LogP contribution is 2.33. The molecule has 11 heteroatoms. The maximum absolute atomic E-state index is 10.9. The first-order chi connectivity index (χ1) is 22.1. The third-order valence-electron chi connectivity index (χ3n) is 7.98. The van der Waals surface area contributed by atoms with Gasteiger partial charge < -0.3 is 30.3 Å². The minimum atomic E-state index is -1.20. The summed E-state index contributed by atoms with van der Waals surface area (Å²) in [5, 5.41) is 37.5. The molecule has 1 aliphatic rings. The van der Waals surface area contributed by atoms with E-state index >= 15 is 0 Å². The summed E-state index contributed by atoms with van der Waals surface area (Å²) in [6.45, 7) is 1.57. The number of hydrogen-bond donors (Lipinski definition) is 4. The lowest BCUT2D eigenvalue weighted by Crippen LogP contribution is -2.33. The molecule has 45 heavy (non-hydrogen) atoms. The predicted octanol–water partition coefficient (Wildman–Crippen LogP) is 3.50. The Morgan fingerprint density at radius 3 is 2.27 bits per heavy atom. The van der Waals surface area contributed by atoms with Crippen LogP contribution in [-0.2, 0) is 22.6 Å². The summed E-state index contributed by atoms with van der Waals surface area (Å²) in [4.78, 5) is 14.3. The number of fused-ring (bicyclic) bond motifs is 1. The van der Waals surface area contributed by atoms with Crippen LogP contribution >= 0.6 is 0 Å². The molecule has 5 aromatic rings. The van der Waals surface area contributed by atoms with Crippen molar-refractivity contribution in [3.8, 4) is 6.07 Å². The van der Waals surface area contributed by atoms with Crippen LogP contribution in [0.2, 0.25) is 0 Å². The molecule has 0 radical (unpaired) electrons. The molecule has 3 aromatic carbocycles. The number of rotatable bonds is 12. The van der Waals surface area contributed by atoms with Gasteiger partial charge in [0.25, 0.3) is 0 Å². The molecule has 1 fully saturated rings. The first kappa shape index (κ1) is 30.3. The van der Waals surface area contributed by atoms with Gasteiger partial charge in [-0.1, -0.05) is 72.8 Å². The number of nitrogens with zero attached hydrogens (tertiary/aromatic N) is 5. The van der Waals surface area contributed by atoms with Crippen molar-refractivity contribution in [2.75, 3.05) is 25.6 Å². The van der Waals surface area contributed by atoms with E-state index in [1.165, 1.54) is 7.11 Å². The number of hydrogen-bond acceptors (Lipinski definition) is 10. The van der Waals surface area contributed by atoms with E-state index in [1.54, 1.807) is 23.0 Å². The Labute approximate surface area is 261 Å². The van der Waals surface area contributed by atoms with E-state index in [2.05, 4.69) is 46.0 Å². The Kier molecular flexibility index (Phi) is 9.40. The van der Waals surface area contributed by atoms with E-state index in [-0.39, 0.29) is 12.5 Å². The molecular formula is C34H35N7O4. The molecule has 0 spiro atoms. The Hall–Kier alpha value is -4.70. The zero-order valence-electron chi connectivity index (χ0n) is 24.8. The number of methoxy groups -OCH3 is 1. The van der Waals surface area contributed by atoms with E-state index in [9.17, 15) is 10.2 Å². The van der Waals surface area contributed by atoms with Gasteiger partial charge in [0.2, 0.25) is 0 Å². The number of nitriles is 1. The van der Waals surface area contributed by atoms with Gasteiger partial charge in [0.15, 0.2) is 23.2 Å². The van der Waals surface area contributed by atoms with Crippen molar-refractivity contribution >= 4 is 17.0 Å². The average molecular weight is 606 g/mol. The van der Waals surface area contributed by atoms with Crippen LogP contribution < -0.4 is 10.6 Å². The average Bonchev–Trinajstić information content (AvgIpc) is 3.62. The second-order valence-electron chi connectivity index (χ2n) is 11.0. The summed E-state index contributed by atoms with van der Waals surface area (Å²) in [6, 6.07) is 30.1. The van der Waals surface area contributed by atoms with Gasteiger partial charge in [0.1, 0.15) is 24.1 Å². The number of aromatic nitrogens is 4. The van der Waals surface area contributed by atoms with Crippen molar-refractivity contribution in [3.63, 3.8) is 0 Å². The lowest BCUT2D eigenvalue weighted by Gasteiger charge is -2.20. The largest absolute Gasteiger partial charge is 0.387 e. The summed E-state index contributed by atoms with van der Waals surface area (Å²) >= 11 is 0. The summed E-state index contributed by atoms with van der Waals surface area (Å²) < 4.78 is 12.8. The summed E-state index contributed by atoms with van der Waals surface area (Å²) in [5.41, 5.74) is 4.94. The zero-order chi connectivity index (χ0) is 31.2. The van der Waals surface area contributed by atoms with Crippen LogP contribution in [0.4, 0.5) is 5.82 Å². The number of imidazole rings is 1. The quantitative estimate of drug-likeness (QED) is 0.166. The fraction of sp³-hybridized carbons (Fsp3) is 0.294. The van der Waals surface area contributed by atoms with Crippen LogP contribution in [0.5, 0.6) is 0 Å². The molecule has 1 aliphatic heterocycles. The molecule has 0 aliphatic carbocycles. The SMILES string of the molecule is COC[C@H]1O[C@@H](n2cnc3c(NCC(c4ccccc4)c4ccccc4)nc(CNCc4ccc(C#N)cc4)nc32)[C@@H](O)[C@@H]1O. The van der Waals surface area contributed by atoms with Crippen molar-refractivity contribution < 1.29 is 19.7 Å². The van der Waals surface area contributed by atoms with Gasteiger partial charge in [-0.05, 0) is 28.8 Å². The van der Waals surface area contributed by atoms with Gasteiger partial charge in [-0.15, -0.1) is 0 Å². The first-order valence-electron chi connectivity index (χ1n) is 14.8. The highest BCUT2D eigenvalue weighted by atomic mass is 16.6. The first-order valence-corrected chi connectivity index (χ1v) is 14.8. The highest BCUT2D eigenvalue weighted by Gasteiger charge is 2.44. The van der Waals surface area contributed by atoms with Crippen molar-refractivity contribution in [3.05, 3.63) is 119 Å². The van der Waals surface area contributed by atoms with E-state index in [1.807, 2.05) is 48.5 Å². The van der Waals surface area contributed by atoms with Crippen LogP contribution in [0, 0.1) is 11.3 Å². The van der Waals surface area contributed by atoms with Gasteiger partial charge in [0, 0.05) is 26.1 Å². The molecule has 4 atom stereocenters. The predicted molar refractivity (Wildman–Crippen MR) is 168 cm³/mol. The molecule has 2 aromatic heterocycles. The maximum Gasteiger partial charge on any atom is 0.168 e. The lowest BCUT2D eigenvalue weighted by molar-refractivity contribution is -0.0580. The monoisotopic (exact) mass is 605 g/mol. The summed E-state index contributed by atoms with van der Waals surface area (Å²) in [5.74, 6) is 1.10. The third kappa shape index (κ3) is 6.71. The second kappa shape index (κ2) is 13.9. The van der Waals surface area contributed by atoms with Gasteiger partial charge in [-0.2, -0.15) is 5.26 Å². The second-order valence-corrected chi connectivity index (χ2v) is 11.0. The van der Waals surface area contributed by atoms with E-state index < -0.39 is 24.5 Å². The van der Waals surface area contributed by atoms with Crippen molar-refractivity contribution in [2.24, 2.45) is 0 Å². The molecule has 0 saturated carbocycles. The van der Waals surface area contributed by atoms with Crippen LogP contribution in [0.15, 0.2) is 91.3 Å². The van der Waals surface area contributed by atoms with E-state index in [0.29, 0.717) is 48.0 Å². The Morgan fingerprint density at radius 1 is 0.933 bits per heavy atom. The third-order valence-corrected chi connectivity index (χ3v) is 7.98. The lowest BCUT2D eigenvalue weighted by atomic mass is 9.91. The van der Waals surface area contributed by atoms with Crippen molar-refractivity contribution in [1.29, 1.82) is 5.26 Å². The zero-order valence-corrected chi connectivity index (χ0v) is 24.8. The van der Waals surface area contributed by atoms with Gasteiger partial charge >= 0.3 is 0 Å². The van der Waals surface area contributed by atoms with Gasteiger partial charge in [-0.3, -0.25) is 4.57 Å². The van der Waals surface area contributed by atoms with E-state index in [0.717, 1.165) is 16.7 Å². The van der Waals surface area contributed by atoms with Crippen molar-refractivity contribution in [2.45, 2.75) is 43.5 Å². The fourth-order valence-corrected chi connectivity index (χ4v) is 5.62. The molecule has 3 heterocycles. The molecule has 0 amide bonds. The number of anilines is 1. The van der Waals surface area contributed by atoms with Crippen LogP contribution in [-0.4, -0.2) is 68.3 Å². The maximum atomic E-state index is 10.9. The number of aliphatic hydroxyl groups excluding tert-OH is 2. The summed E-state index contributed by atoms with van der Waals surface area (Å²) in [6.07, 6.45) is -2.38. The molecule has 6 rings (SSSR count). The normalized spacial score (nSPS) is 19.6. The van der Waals surface area contributed by atoms with Crippen molar-refractivity contribution in [1.82, 2.24) is 24.8 Å².